The van der Waals surface area contributed by atoms with Crippen molar-refractivity contribution in [3.63, 3.8) is 0 Å². The molecule has 3 aromatic rings. The summed E-state index contributed by atoms with van der Waals surface area (Å²) in [7, 11) is 0. The molecule has 0 saturated carbocycles. The zero-order valence-electron chi connectivity index (χ0n) is 27.2. The van der Waals surface area contributed by atoms with Gasteiger partial charge in [-0.05, 0) is 25.7 Å². The molecule has 0 fully saturated rings. The van der Waals surface area contributed by atoms with Gasteiger partial charge in [0.05, 0.1) is 32.3 Å². The molecule has 0 radical (unpaired) electrons. The van der Waals surface area contributed by atoms with E-state index in [1.807, 2.05) is 0 Å². The third kappa shape index (κ3) is 9.10. The molecule has 220 valence electrons. The Hall–Kier alpha value is -2.32. The molecule has 0 amide bonds. The number of nitrogens with zero attached hydrogens (tertiary/aromatic N) is 1. The third-order valence-electron chi connectivity index (χ3n) is 9.14. The molecule has 0 unspecified atom stereocenters. The van der Waals surface area contributed by atoms with Crippen molar-refractivity contribution in [1.29, 1.82) is 0 Å². The Bertz CT molecular complexity index is 889. The van der Waals surface area contributed by atoms with E-state index in [4.69, 9.17) is 0 Å². The molecule has 1 nitrogen and oxygen atoms in total. The molecular weight excluding hydrogens is 481 g/mol. The Balaban J connectivity index is 0.000000296. The van der Waals surface area contributed by atoms with Crippen molar-refractivity contribution in [1.82, 2.24) is 0 Å². The maximum absolute atomic E-state index is 2.36. The van der Waals surface area contributed by atoms with Crippen molar-refractivity contribution >= 4 is 22.5 Å². The average molecular weight is 542 g/mol. The van der Waals surface area contributed by atoms with E-state index in [9.17, 15) is 0 Å². The van der Waals surface area contributed by atoms with Crippen LogP contribution in [0.1, 0.15) is 99.8 Å². The fourth-order valence-electron chi connectivity index (χ4n) is 6.95. The van der Waals surface area contributed by atoms with Crippen LogP contribution in [0, 0.1) is 0 Å². The molecule has 0 aliphatic rings. The van der Waals surface area contributed by atoms with Gasteiger partial charge in [-0.25, -0.2) is 0 Å². The van der Waals surface area contributed by atoms with Gasteiger partial charge in [-0.15, -0.1) is 5.31 Å². The first-order valence-corrected chi connectivity index (χ1v) is 16.5. The molecule has 0 N–H and O–H groups in total. The van der Waals surface area contributed by atoms with Crippen LogP contribution in [-0.4, -0.2) is 36.8 Å². The lowest BCUT2D eigenvalue weighted by molar-refractivity contribution is -0.929. The zero-order valence-corrected chi connectivity index (χ0v) is 27.2. The summed E-state index contributed by atoms with van der Waals surface area (Å²) >= 11 is 0. The maximum Gasteiger partial charge on any atom is 0.0862 e. The van der Waals surface area contributed by atoms with Gasteiger partial charge in [0.15, 0.2) is 0 Å². The Morgan fingerprint density at radius 3 is 0.900 bits per heavy atom. The fourth-order valence-corrected chi connectivity index (χ4v) is 6.95. The second-order valence-corrected chi connectivity index (χ2v) is 13.1. The van der Waals surface area contributed by atoms with Crippen molar-refractivity contribution < 1.29 is 4.48 Å². The van der Waals surface area contributed by atoms with Gasteiger partial charge in [0, 0.05) is 0 Å². The van der Waals surface area contributed by atoms with E-state index >= 15 is 0 Å². The lowest BCUT2D eigenvalue weighted by Gasteiger charge is -2.54. The first kappa shape index (κ1) is 33.9. The molecular formula is C38H60BN. The van der Waals surface area contributed by atoms with Crippen molar-refractivity contribution in [2.75, 3.05) is 26.2 Å². The number of unbranched alkanes of at least 4 members (excludes halogenated alkanes) is 4. The van der Waals surface area contributed by atoms with Gasteiger partial charge in [-0.2, -0.15) is 16.4 Å². The SMILES string of the molecule is CC(C)(C)[B-](c1ccccc1)(c1ccccc1)c1ccccc1.CCCC[N+](CCCC)(CCCC)CCCC. The van der Waals surface area contributed by atoms with E-state index in [0.717, 1.165) is 0 Å². The summed E-state index contributed by atoms with van der Waals surface area (Å²) in [4.78, 5) is 0. The Kier molecular flexibility index (Phi) is 14.8. The van der Waals surface area contributed by atoms with Crippen LogP contribution in [0.4, 0.5) is 0 Å². The van der Waals surface area contributed by atoms with Crippen LogP contribution >= 0.6 is 0 Å². The minimum Gasteiger partial charge on any atom is -0.324 e. The largest absolute Gasteiger partial charge is 0.324 e. The molecule has 40 heavy (non-hydrogen) atoms. The van der Waals surface area contributed by atoms with E-state index in [2.05, 4.69) is 139 Å². The molecule has 0 spiro atoms. The lowest BCUT2D eigenvalue weighted by Crippen LogP contribution is -2.72. The van der Waals surface area contributed by atoms with Crippen LogP contribution in [0.2, 0.25) is 5.31 Å². The molecule has 0 saturated heterocycles. The van der Waals surface area contributed by atoms with Crippen molar-refractivity contribution in [3.05, 3.63) is 91.0 Å². The first-order chi connectivity index (χ1) is 19.3. The highest BCUT2D eigenvalue weighted by molar-refractivity contribution is 7.13. The summed E-state index contributed by atoms with van der Waals surface area (Å²) in [6.07, 6.45) is 10.0. The predicted molar refractivity (Wildman–Crippen MR) is 183 cm³/mol. The summed E-state index contributed by atoms with van der Waals surface area (Å²) < 4.78 is 1.42. The number of quaternary nitrogens is 1. The van der Waals surface area contributed by atoms with Gasteiger partial charge in [-0.3, -0.25) is 0 Å². The number of rotatable bonds is 15. The third-order valence-corrected chi connectivity index (χ3v) is 9.14. The van der Waals surface area contributed by atoms with E-state index in [1.54, 1.807) is 0 Å². The quantitative estimate of drug-likeness (QED) is 0.133. The van der Waals surface area contributed by atoms with E-state index in [0.29, 0.717) is 0 Å². The van der Waals surface area contributed by atoms with Gasteiger partial charge in [-0.1, -0.05) is 165 Å². The minimum absolute atomic E-state index is 0.0874. The standard InChI is InChI=1S/C22H24B.C16H36N/c1-22(2,3)23(19-13-7-4-8-14-19,20-15-9-5-10-16-20)21-17-11-6-12-18-21;1-5-9-13-17(14-10-6-2,15-11-7-3)16-12-8-4/h4-18H,1-3H3;5-16H2,1-4H3/q-1;+1. The predicted octanol–water partition coefficient (Wildman–Crippen LogP) is 8.96. The van der Waals surface area contributed by atoms with Crippen LogP contribution in [0.25, 0.3) is 0 Å². The van der Waals surface area contributed by atoms with Gasteiger partial charge in [0.2, 0.25) is 0 Å². The Labute approximate surface area is 248 Å². The van der Waals surface area contributed by atoms with Gasteiger partial charge < -0.3 is 4.48 Å². The Morgan fingerprint density at radius 1 is 0.450 bits per heavy atom. The highest BCUT2D eigenvalue weighted by atomic mass is 15.3. The van der Waals surface area contributed by atoms with E-state index < -0.39 is 6.15 Å². The second-order valence-electron chi connectivity index (χ2n) is 13.1. The van der Waals surface area contributed by atoms with Crippen molar-refractivity contribution in [2.24, 2.45) is 0 Å². The van der Waals surface area contributed by atoms with Gasteiger partial charge >= 0.3 is 0 Å². The molecule has 0 aliphatic heterocycles. The van der Waals surface area contributed by atoms with E-state index in [1.165, 1.54) is 98.4 Å². The number of hydrogen-bond donors (Lipinski definition) is 0. The highest BCUT2D eigenvalue weighted by Crippen LogP contribution is 2.35. The highest BCUT2D eigenvalue weighted by Gasteiger charge is 2.39. The lowest BCUT2D eigenvalue weighted by atomic mass is 9.07. The Morgan fingerprint density at radius 2 is 0.700 bits per heavy atom. The molecule has 0 aromatic heterocycles. The average Bonchev–Trinajstić information content (AvgIpc) is 2.98. The minimum atomic E-state index is -1.06. The molecule has 3 aromatic carbocycles. The van der Waals surface area contributed by atoms with Gasteiger partial charge in [0.1, 0.15) is 0 Å². The smallest absolute Gasteiger partial charge is 0.0862 e. The molecule has 0 atom stereocenters. The van der Waals surface area contributed by atoms with Crippen LogP contribution in [0.3, 0.4) is 0 Å². The van der Waals surface area contributed by atoms with Crippen LogP contribution < -0.4 is 16.4 Å². The second kappa shape index (κ2) is 17.5. The van der Waals surface area contributed by atoms with Crippen LogP contribution in [0.5, 0.6) is 0 Å². The summed E-state index contributed by atoms with van der Waals surface area (Å²) in [5.74, 6) is 0. The van der Waals surface area contributed by atoms with E-state index in [-0.39, 0.29) is 5.31 Å². The zero-order chi connectivity index (χ0) is 29.3. The first-order valence-electron chi connectivity index (χ1n) is 16.5. The number of benzene rings is 3. The summed E-state index contributed by atoms with van der Waals surface area (Å²) in [5.41, 5.74) is 4.20. The number of hydrogen-bond acceptors (Lipinski definition) is 0. The summed E-state index contributed by atoms with van der Waals surface area (Å²) in [5, 5.41) is 0.0874. The molecule has 0 bridgehead atoms. The monoisotopic (exact) mass is 541 g/mol. The fraction of sp³-hybridized carbons (Fsp3) is 0.526. The van der Waals surface area contributed by atoms with Crippen molar-refractivity contribution in [2.45, 2.75) is 105 Å². The molecule has 2 heteroatoms. The maximum atomic E-state index is 2.36. The molecule has 0 aliphatic carbocycles. The van der Waals surface area contributed by atoms with Crippen LogP contribution in [0.15, 0.2) is 91.0 Å². The summed E-state index contributed by atoms with van der Waals surface area (Å²) in [6.45, 7) is 22.1. The normalized spacial score (nSPS) is 12.1. The molecule has 0 heterocycles. The van der Waals surface area contributed by atoms with Gasteiger partial charge in [0.25, 0.3) is 0 Å². The topological polar surface area (TPSA) is 0 Å². The van der Waals surface area contributed by atoms with Crippen molar-refractivity contribution in [3.8, 4) is 0 Å². The molecule has 3 rings (SSSR count). The van der Waals surface area contributed by atoms with Crippen LogP contribution in [-0.2, 0) is 0 Å². The summed E-state index contributed by atoms with van der Waals surface area (Å²) in [6, 6.07) is 32.9.